The van der Waals surface area contributed by atoms with Crippen molar-refractivity contribution in [3.63, 3.8) is 0 Å². The summed E-state index contributed by atoms with van der Waals surface area (Å²) in [7, 11) is 1.72. The van der Waals surface area contributed by atoms with E-state index in [9.17, 15) is 4.79 Å². The molecule has 1 aliphatic heterocycles. The van der Waals surface area contributed by atoms with Crippen molar-refractivity contribution in [2.75, 3.05) is 6.61 Å². The number of rotatable bonds is 2. The van der Waals surface area contributed by atoms with Crippen LogP contribution in [0.5, 0.6) is 5.75 Å². The van der Waals surface area contributed by atoms with E-state index in [1.54, 1.807) is 31.4 Å². The van der Waals surface area contributed by atoms with Crippen LogP contribution in [0.1, 0.15) is 27.7 Å². The van der Waals surface area contributed by atoms with Gasteiger partial charge in [0.2, 0.25) is 0 Å². The number of carbonyl (C=O) groups excluding carboxylic acids is 1. The Labute approximate surface area is 115 Å². The van der Waals surface area contributed by atoms with Crippen LogP contribution in [0.15, 0.2) is 30.5 Å². The van der Waals surface area contributed by atoms with Gasteiger partial charge in [0.25, 0.3) is 5.91 Å². The molecular formula is C14H12N4O2. The van der Waals surface area contributed by atoms with Crippen LogP contribution in [0.3, 0.4) is 0 Å². The number of fused-ring (bicyclic) bond motifs is 1. The van der Waals surface area contributed by atoms with Crippen molar-refractivity contribution in [2.45, 2.75) is 6.04 Å². The molecular weight excluding hydrogens is 256 g/mol. The van der Waals surface area contributed by atoms with Crippen LogP contribution in [-0.2, 0) is 7.05 Å². The molecule has 1 unspecified atom stereocenters. The zero-order chi connectivity index (χ0) is 14.1. The van der Waals surface area contributed by atoms with Crippen molar-refractivity contribution < 1.29 is 9.53 Å². The largest absolute Gasteiger partial charge is 0.491 e. The van der Waals surface area contributed by atoms with Gasteiger partial charge in [-0.1, -0.05) is 6.07 Å². The molecule has 0 fully saturated rings. The maximum absolute atomic E-state index is 12.1. The minimum Gasteiger partial charge on any atom is -0.491 e. The highest BCUT2D eigenvalue weighted by molar-refractivity contribution is 5.92. The summed E-state index contributed by atoms with van der Waals surface area (Å²) in [5.74, 6) is 0.454. The van der Waals surface area contributed by atoms with E-state index in [0.29, 0.717) is 23.6 Å². The second-order valence-electron chi connectivity index (χ2n) is 4.54. The highest BCUT2D eigenvalue weighted by Gasteiger charge is 2.26. The molecule has 3 rings (SSSR count). The summed E-state index contributed by atoms with van der Waals surface area (Å²) in [5.41, 5.74) is 1.92. The molecule has 1 N–H and O–H groups in total. The fraction of sp³-hybridized carbons (Fsp3) is 0.214. The molecule has 0 aliphatic carbocycles. The van der Waals surface area contributed by atoms with Crippen molar-refractivity contribution in [3.8, 4) is 11.8 Å². The second-order valence-corrected chi connectivity index (χ2v) is 4.54. The topological polar surface area (TPSA) is 79.9 Å². The molecule has 100 valence electrons. The molecule has 6 nitrogen and oxygen atoms in total. The van der Waals surface area contributed by atoms with Gasteiger partial charge in [-0.15, -0.1) is 0 Å². The molecule has 20 heavy (non-hydrogen) atoms. The van der Waals surface area contributed by atoms with E-state index in [4.69, 9.17) is 10.00 Å². The predicted octanol–water partition coefficient (Wildman–Crippen LogP) is 1.16. The highest BCUT2D eigenvalue weighted by atomic mass is 16.5. The molecule has 6 heteroatoms. The fourth-order valence-electron chi connectivity index (χ4n) is 2.23. The molecule has 1 amide bonds. The van der Waals surface area contributed by atoms with Gasteiger partial charge in [0, 0.05) is 18.8 Å². The average molecular weight is 268 g/mol. The normalized spacial score (nSPS) is 16.1. The summed E-state index contributed by atoms with van der Waals surface area (Å²) >= 11 is 0. The zero-order valence-corrected chi connectivity index (χ0v) is 10.8. The number of hydrogen-bond donors (Lipinski definition) is 1. The number of aromatic nitrogens is 2. The third kappa shape index (κ3) is 1.99. The summed E-state index contributed by atoms with van der Waals surface area (Å²) in [6.07, 6.45) is 1.58. The molecule has 1 aromatic heterocycles. The van der Waals surface area contributed by atoms with Crippen molar-refractivity contribution in [1.82, 2.24) is 15.1 Å². The van der Waals surface area contributed by atoms with E-state index in [2.05, 4.69) is 16.5 Å². The van der Waals surface area contributed by atoms with E-state index >= 15 is 0 Å². The van der Waals surface area contributed by atoms with E-state index in [-0.39, 0.29) is 11.9 Å². The number of ether oxygens (including phenoxy) is 1. The van der Waals surface area contributed by atoms with Crippen LogP contribution < -0.4 is 10.1 Å². The van der Waals surface area contributed by atoms with Gasteiger partial charge in [-0.25, -0.2) is 0 Å². The molecule has 0 spiro atoms. The number of nitrogens with zero attached hydrogens (tertiary/aromatic N) is 3. The minimum absolute atomic E-state index is 0.198. The lowest BCUT2D eigenvalue weighted by Crippen LogP contribution is -2.30. The zero-order valence-electron chi connectivity index (χ0n) is 10.8. The quantitative estimate of drug-likeness (QED) is 0.886. The SMILES string of the molecule is Cn1nccc1C(=O)NC1COc2cc(C#N)ccc21. The van der Waals surface area contributed by atoms with E-state index < -0.39 is 0 Å². The summed E-state index contributed by atoms with van der Waals surface area (Å²) < 4.78 is 7.03. The van der Waals surface area contributed by atoms with Crippen LogP contribution in [-0.4, -0.2) is 22.3 Å². The molecule has 1 aromatic carbocycles. The Morgan fingerprint density at radius 1 is 1.55 bits per heavy atom. The second kappa shape index (κ2) is 4.70. The molecule has 0 bridgehead atoms. The smallest absolute Gasteiger partial charge is 0.270 e. The molecule has 0 radical (unpaired) electrons. The predicted molar refractivity (Wildman–Crippen MR) is 70.1 cm³/mol. The number of aryl methyl sites for hydroxylation is 1. The first kappa shape index (κ1) is 12.2. The maximum atomic E-state index is 12.1. The van der Waals surface area contributed by atoms with Gasteiger partial charge < -0.3 is 10.1 Å². The minimum atomic E-state index is -0.208. The van der Waals surface area contributed by atoms with Crippen LogP contribution in [0, 0.1) is 11.3 Å². The van der Waals surface area contributed by atoms with Gasteiger partial charge in [-0.05, 0) is 18.2 Å². The van der Waals surface area contributed by atoms with E-state index in [1.807, 2.05) is 6.07 Å². The Morgan fingerprint density at radius 2 is 2.40 bits per heavy atom. The monoisotopic (exact) mass is 268 g/mol. The lowest BCUT2D eigenvalue weighted by atomic mass is 10.1. The Balaban J connectivity index is 1.81. The molecule has 2 aromatic rings. The Morgan fingerprint density at radius 3 is 3.10 bits per heavy atom. The van der Waals surface area contributed by atoms with Crippen molar-refractivity contribution in [3.05, 3.63) is 47.3 Å². The first-order valence-electron chi connectivity index (χ1n) is 6.15. The van der Waals surface area contributed by atoms with Gasteiger partial charge in [0.1, 0.15) is 18.1 Å². The Bertz CT molecular complexity index is 714. The third-order valence-corrected chi connectivity index (χ3v) is 3.28. The number of carbonyl (C=O) groups is 1. The summed E-state index contributed by atoms with van der Waals surface area (Å²) in [5, 5.41) is 15.7. The highest BCUT2D eigenvalue weighted by Crippen LogP contribution is 2.33. The maximum Gasteiger partial charge on any atom is 0.270 e. The standard InChI is InChI=1S/C14H12N4O2/c1-18-12(4-5-16-18)14(19)17-11-8-20-13-6-9(7-15)2-3-10(11)13/h2-6,11H,8H2,1H3,(H,17,19). The van der Waals surface area contributed by atoms with Gasteiger partial charge in [0.05, 0.1) is 17.7 Å². The number of nitrogens with one attached hydrogen (secondary N) is 1. The number of amides is 1. The number of benzene rings is 1. The van der Waals surface area contributed by atoms with Crippen LogP contribution >= 0.6 is 0 Å². The molecule has 2 heterocycles. The van der Waals surface area contributed by atoms with Crippen molar-refractivity contribution in [1.29, 1.82) is 5.26 Å². The van der Waals surface area contributed by atoms with Crippen LogP contribution in [0.25, 0.3) is 0 Å². The van der Waals surface area contributed by atoms with Gasteiger partial charge >= 0.3 is 0 Å². The number of nitriles is 1. The van der Waals surface area contributed by atoms with Gasteiger partial charge in [0.15, 0.2) is 0 Å². The Hall–Kier alpha value is -2.81. The van der Waals surface area contributed by atoms with Gasteiger partial charge in [-0.3, -0.25) is 9.48 Å². The molecule has 0 saturated carbocycles. The van der Waals surface area contributed by atoms with Crippen molar-refractivity contribution >= 4 is 5.91 Å². The van der Waals surface area contributed by atoms with E-state index in [1.165, 1.54) is 4.68 Å². The summed E-state index contributed by atoms with van der Waals surface area (Å²) in [6.45, 7) is 0.369. The van der Waals surface area contributed by atoms with Crippen LogP contribution in [0.2, 0.25) is 0 Å². The van der Waals surface area contributed by atoms with Crippen LogP contribution in [0.4, 0.5) is 0 Å². The molecule has 0 saturated heterocycles. The van der Waals surface area contributed by atoms with Crippen molar-refractivity contribution in [2.24, 2.45) is 7.05 Å². The third-order valence-electron chi connectivity index (χ3n) is 3.28. The van der Waals surface area contributed by atoms with E-state index in [0.717, 1.165) is 5.56 Å². The lowest BCUT2D eigenvalue weighted by Gasteiger charge is -2.11. The molecule has 1 aliphatic rings. The average Bonchev–Trinajstić information content (AvgIpc) is 3.05. The first-order chi connectivity index (χ1) is 9.69. The summed E-state index contributed by atoms with van der Waals surface area (Å²) in [6, 6.07) is 8.73. The van der Waals surface area contributed by atoms with Gasteiger partial charge in [-0.2, -0.15) is 10.4 Å². The molecule has 1 atom stereocenters. The Kier molecular flexibility index (Phi) is 2.88. The first-order valence-corrected chi connectivity index (χ1v) is 6.15. The lowest BCUT2D eigenvalue weighted by molar-refractivity contribution is 0.0921. The fourth-order valence-corrected chi connectivity index (χ4v) is 2.23. The number of hydrogen-bond acceptors (Lipinski definition) is 4. The summed E-state index contributed by atoms with van der Waals surface area (Å²) in [4.78, 5) is 12.1.